The van der Waals surface area contributed by atoms with E-state index in [0.717, 1.165) is 24.6 Å². The molecule has 0 aromatic heterocycles. The van der Waals surface area contributed by atoms with Crippen LogP contribution in [0.5, 0.6) is 0 Å². The van der Waals surface area contributed by atoms with Crippen LogP contribution in [-0.2, 0) is 22.0 Å². The van der Waals surface area contributed by atoms with Crippen molar-refractivity contribution in [2.75, 3.05) is 27.2 Å². The van der Waals surface area contributed by atoms with Gasteiger partial charge in [-0.25, -0.2) is 17.7 Å². The highest BCUT2D eigenvalue weighted by molar-refractivity contribution is 14.0. The number of guanidine groups is 1. The maximum absolute atomic E-state index is 12.2. The molecule has 8 heteroatoms. The van der Waals surface area contributed by atoms with Gasteiger partial charge in [-0.1, -0.05) is 48.9 Å². The van der Waals surface area contributed by atoms with Crippen LogP contribution in [-0.4, -0.2) is 45.9 Å². The SMILES string of the molecule is CCNC(=NCc1ccc(S(=O)(=O)N(C)C)cc1)NCC1(c2ccccc2)CCC1.I. The molecule has 1 aliphatic carbocycles. The van der Waals surface area contributed by atoms with E-state index in [-0.39, 0.29) is 29.4 Å². The van der Waals surface area contributed by atoms with Gasteiger partial charge in [0.05, 0.1) is 11.4 Å². The summed E-state index contributed by atoms with van der Waals surface area (Å²) in [5, 5.41) is 6.83. The van der Waals surface area contributed by atoms with Gasteiger partial charge in [-0.3, -0.25) is 0 Å². The quantitative estimate of drug-likeness (QED) is 0.295. The Labute approximate surface area is 203 Å². The third kappa shape index (κ3) is 6.20. The van der Waals surface area contributed by atoms with Crippen LogP contribution in [0, 0.1) is 0 Å². The Morgan fingerprint density at radius 2 is 1.68 bits per heavy atom. The Morgan fingerprint density at radius 3 is 2.19 bits per heavy atom. The zero-order chi connectivity index (χ0) is 21.6. The van der Waals surface area contributed by atoms with Gasteiger partial charge in [-0.2, -0.15) is 0 Å². The summed E-state index contributed by atoms with van der Waals surface area (Å²) in [4.78, 5) is 4.99. The van der Waals surface area contributed by atoms with Crippen molar-refractivity contribution in [2.45, 2.75) is 43.0 Å². The first-order valence-electron chi connectivity index (χ1n) is 10.5. The minimum atomic E-state index is -3.41. The lowest BCUT2D eigenvalue weighted by atomic mass is 9.64. The zero-order valence-corrected chi connectivity index (χ0v) is 21.6. The van der Waals surface area contributed by atoms with E-state index in [2.05, 4.69) is 47.9 Å². The van der Waals surface area contributed by atoms with E-state index in [4.69, 9.17) is 4.99 Å². The second-order valence-corrected chi connectivity index (χ2v) is 10.1. The highest BCUT2D eigenvalue weighted by Crippen LogP contribution is 2.43. The molecule has 0 amide bonds. The van der Waals surface area contributed by atoms with Crippen molar-refractivity contribution in [1.29, 1.82) is 0 Å². The third-order valence-corrected chi connectivity index (χ3v) is 7.59. The molecule has 0 unspecified atom stereocenters. The van der Waals surface area contributed by atoms with E-state index in [1.165, 1.54) is 43.2 Å². The van der Waals surface area contributed by atoms with E-state index >= 15 is 0 Å². The van der Waals surface area contributed by atoms with Crippen LogP contribution in [0.15, 0.2) is 64.5 Å². The van der Waals surface area contributed by atoms with E-state index in [1.54, 1.807) is 12.1 Å². The number of sulfonamides is 1. The van der Waals surface area contributed by atoms with Crippen LogP contribution in [0.25, 0.3) is 0 Å². The van der Waals surface area contributed by atoms with Gasteiger partial charge in [0.15, 0.2) is 5.96 Å². The molecule has 1 saturated carbocycles. The maximum Gasteiger partial charge on any atom is 0.242 e. The van der Waals surface area contributed by atoms with Crippen LogP contribution < -0.4 is 10.6 Å². The molecule has 2 aromatic carbocycles. The number of halogens is 1. The van der Waals surface area contributed by atoms with Crippen LogP contribution >= 0.6 is 24.0 Å². The Hall–Kier alpha value is -1.65. The molecule has 3 rings (SSSR count). The zero-order valence-electron chi connectivity index (χ0n) is 18.5. The lowest BCUT2D eigenvalue weighted by Gasteiger charge is -2.43. The van der Waals surface area contributed by atoms with Crippen molar-refractivity contribution in [1.82, 2.24) is 14.9 Å². The number of aliphatic imine (C=N–C) groups is 1. The average Bonchev–Trinajstić information content (AvgIpc) is 2.72. The van der Waals surface area contributed by atoms with Crippen LogP contribution in [0.1, 0.15) is 37.3 Å². The molecule has 0 heterocycles. The molecule has 0 aliphatic heterocycles. The average molecular weight is 557 g/mol. The van der Waals surface area contributed by atoms with E-state index in [1.807, 2.05) is 12.1 Å². The summed E-state index contributed by atoms with van der Waals surface area (Å²) in [6.07, 6.45) is 3.63. The molecular weight excluding hydrogens is 523 g/mol. The molecule has 31 heavy (non-hydrogen) atoms. The van der Waals surface area contributed by atoms with E-state index < -0.39 is 10.0 Å². The minimum Gasteiger partial charge on any atom is -0.357 e. The first kappa shape index (κ1) is 25.6. The standard InChI is InChI=1S/C23H32N4O2S.HI/c1-4-24-22(26-18-23(15-8-16-23)20-9-6-5-7-10-20)25-17-19-11-13-21(14-12-19)30(28,29)27(2)3;/h5-7,9-14H,4,8,15-18H2,1-3H3,(H2,24,25,26);1H. The van der Waals surface area contributed by atoms with Gasteiger partial charge < -0.3 is 10.6 Å². The number of nitrogens with one attached hydrogen (secondary N) is 2. The molecule has 0 radical (unpaired) electrons. The normalized spacial score (nSPS) is 15.7. The second kappa shape index (κ2) is 11.3. The predicted octanol–water partition coefficient (Wildman–Crippen LogP) is 3.73. The summed E-state index contributed by atoms with van der Waals surface area (Å²) < 4.78 is 25.6. The summed E-state index contributed by atoms with van der Waals surface area (Å²) >= 11 is 0. The molecule has 0 spiro atoms. The van der Waals surface area contributed by atoms with Crippen LogP contribution in [0.3, 0.4) is 0 Å². The molecule has 0 saturated heterocycles. The van der Waals surface area contributed by atoms with Crippen molar-refractivity contribution in [3.63, 3.8) is 0 Å². The number of rotatable bonds is 8. The smallest absolute Gasteiger partial charge is 0.242 e. The highest BCUT2D eigenvalue weighted by Gasteiger charge is 2.38. The molecular formula is C23H33IN4O2S. The summed E-state index contributed by atoms with van der Waals surface area (Å²) in [5.74, 6) is 0.782. The van der Waals surface area contributed by atoms with Gasteiger partial charge in [0.1, 0.15) is 0 Å². The lowest BCUT2D eigenvalue weighted by molar-refractivity contribution is 0.244. The monoisotopic (exact) mass is 556 g/mol. The molecule has 1 aliphatic rings. The van der Waals surface area contributed by atoms with Crippen molar-refractivity contribution in [2.24, 2.45) is 4.99 Å². The van der Waals surface area contributed by atoms with Crippen molar-refractivity contribution in [3.8, 4) is 0 Å². The lowest BCUT2D eigenvalue weighted by Crippen LogP contribution is -2.48. The van der Waals surface area contributed by atoms with E-state index in [9.17, 15) is 8.42 Å². The van der Waals surface area contributed by atoms with Crippen molar-refractivity contribution in [3.05, 3.63) is 65.7 Å². The Bertz CT molecular complexity index is 957. The van der Waals surface area contributed by atoms with Gasteiger partial charge in [0, 0.05) is 32.6 Å². The second-order valence-electron chi connectivity index (χ2n) is 7.98. The molecule has 6 nitrogen and oxygen atoms in total. The fraction of sp³-hybridized carbons (Fsp3) is 0.435. The van der Waals surface area contributed by atoms with Gasteiger partial charge >= 0.3 is 0 Å². The maximum atomic E-state index is 12.2. The number of hydrogen-bond donors (Lipinski definition) is 2. The number of benzene rings is 2. The van der Waals surface area contributed by atoms with Gasteiger partial charge in [0.2, 0.25) is 10.0 Å². The van der Waals surface area contributed by atoms with E-state index in [0.29, 0.717) is 11.4 Å². The summed E-state index contributed by atoms with van der Waals surface area (Å²) in [6, 6.07) is 17.6. The highest BCUT2D eigenvalue weighted by atomic mass is 127. The molecule has 0 bridgehead atoms. The third-order valence-electron chi connectivity index (χ3n) is 5.76. The van der Waals surface area contributed by atoms with Gasteiger partial charge in [-0.05, 0) is 43.0 Å². The number of nitrogens with zero attached hydrogens (tertiary/aromatic N) is 2. The molecule has 2 aromatic rings. The largest absolute Gasteiger partial charge is 0.357 e. The topological polar surface area (TPSA) is 73.8 Å². The molecule has 0 atom stereocenters. The summed E-state index contributed by atoms with van der Waals surface area (Å²) in [7, 11) is -0.341. The predicted molar refractivity (Wildman–Crippen MR) is 138 cm³/mol. The Balaban J connectivity index is 0.00000341. The van der Waals surface area contributed by atoms with Gasteiger partial charge in [-0.15, -0.1) is 24.0 Å². The minimum absolute atomic E-state index is 0. The Morgan fingerprint density at radius 1 is 1.03 bits per heavy atom. The summed E-state index contributed by atoms with van der Waals surface area (Å²) in [5.41, 5.74) is 2.53. The molecule has 1 fully saturated rings. The molecule has 170 valence electrons. The Kier molecular flexibility index (Phi) is 9.32. The van der Waals surface area contributed by atoms with Gasteiger partial charge in [0.25, 0.3) is 0 Å². The first-order chi connectivity index (χ1) is 14.4. The fourth-order valence-corrected chi connectivity index (χ4v) is 4.61. The molecule has 2 N–H and O–H groups in total. The van der Waals surface area contributed by atoms with Crippen molar-refractivity contribution >= 4 is 40.0 Å². The number of hydrogen-bond acceptors (Lipinski definition) is 3. The fourth-order valence-electron chi connectivity index (χ4n) is 3.71. The van der Waals surface area contributed by atoms with Crippen LogP contribution in [0.4, 0.5) is 0 Å². The summed E-state index contributed by atoms with van der Waals surface area (Å²) in [6.45, 7) is 4.16. The first-order valence-corrected chi connectivity index (χ1v) is 11.9. The van der Waals surface area contributed by atoms with Crippen molar-refractivity contribution < 1.29 is 8.42 Å². The van der Waals surface area contributed by atoms with Crippen LogP contribution in [0.2, 0.25) is 0 Å².